The summed E-state index contributed by atoms with van der Waals surface area (Å²) in [6, 6.07) is 16.9. The molecule has 2 heterocycles. The number of carbonyl (C=O) groups excluding carboxylic acids is 1. The minimum absolute atomic E-state index is 0.0182. The van der Waals surface area contributed by atoms with Gasteiger partial charge in [0.1, 0.15) is 11.8 Å². The molecule has 1 atom stereocenters. The van der Waals surface area contributed by atoms with E-state index in [1.807, 2.05) is 29.6 Å². The van der Waals surface area contributed by atoms with Crippen LogP contribution in [0.15, 0.2) is 58.4 Å². The molecule has 158 valence electrons. The van der Waals surface area contributed by atoms with E-state index in [1.165, 1.54) is 11.3 Å². The van der Waals surface area contributed by atoms with Crippen molar-refractivity contribution in [2.75, 3.05) is 24.7 Å². The van der Waals surface area contributed by atoms with Gasteiger partial charge in [-0.3, -0.25) is 9.69 Å². The molecule has 8 heteroatoms. The number of aromatic nitrogens is 1. The SMILES string of the molecule is N#Cc1ccccc1OCC(=O)N(CC1CCCO1)c1nc(-c2ccc(Br)cc2)cs1. The number of hydrogen-bond donors (Lipinski definition) is 0. The number of thiazole rings is 1. The van der Waals surface area contributed by atoms with Gasteiger partial charge in [0, 0.05) is 22.0 Å². The summed E-state index contributed by atoms with van der Waals surface area (Å²) in [4.78, 5) is 19.5. The molecule has 4 rings (SSSR count). The minimum Gasteiger partial charge on any atom is -0.482 e. The van der Waals surface area contributed by atoms with E-state index < -0.39 is 0 Å². The van der Waals surface area contributed by atoms with Crippen LogP contribution in [0.2, 0.25) is 0 Å². The second-order valence-electron chi connectivity index (χ2n) is 7.06. The number of carbonyl (C=O) groups is 1. The van der Waals surface area contributed by atoms with Crippen LogP contribution in [-0.4, -0.2) is 36.8 Å². The first-order valence-electron chi connectivity index (χ1n) is 9.89. The van der Waals surface area contributed by atoms with Gasteiger partial charge in [-0.15, -0.1) is 11.3 Å². The van der Waals surface area contributed by atoms with E-state index in [0.29, 0.717) is 29.6 Å². The fraction of sp³-hybridized carbons (Fsp3) is 0.261. The lowest BCUT2D eigenvalue weighted by molar-refractivity contribution is -0.120. The second-order valence-corrected chi connectivity index (χ2v) is 8.81. The van der Waals surface area contributed by atoms with Crippen LogP contribution in [0.25, 0.3) is 11.3 Å². The van der Waals surface area contributed by atoms with Gasteiger partial charge < -0.3 is 9.47 Å². The number of amides is 1. The first kappa shape index (κ1) is 21.5. The van der Waals surface area contributed by atoms with Crippen LogP contribution >= 0.6 is 27.3 Å². The van der Waals surface area contributed by atoms with Gasteiger partial charge in [0.2, 0.25) is 0 Å². The molecule has 0 radical (unpaired) electrons. The van der Waals surface area contributed by atoms with Crippen LogP contribution in [0.4, 0.5) is 5.13 Å². The molecule has 6 nitrogen and oxygen atoms in total. The number of anilines is 1. The van der Waals surface area contributed by atoms with Gasteiger partial charge >= 0.3 is 0 Å². The number of benzene rings is 2. The number of nitriles is 1. The maximum Gasteiger partial charge on any atom is 0.266 e. The summed E-state index contributed by atoms with van der Waals surface area (Å²) >= 11 is 4.86. The highest BCUT2D eigenvalue weighted by Crippen LogP contribution is 2.30. The molecule has 1 fully saturated rings. The largest absolute Gasteiger partial charge is 0.482 e. The maximum atomic E-state index is 13.1. The van der Waals surface area contributed by atoms with Crippen LogP contribution in [0, 0.1) is 11.3 Å². The molecule has 3 aromatic rings. The zero-order valence-corrected chi connectivity index (χ0v) is 19.1. The Morgan fingerprint density at radius 3 is 2.84 bits per heavy atom. The van der Waals surface area contributed by atoms with Crippen LogP contribution in [0.5, 0.6) is 5.75 Å². The molecule has 0 aliphatic carbocycles. The Balaban J connectivity index is 1.53. The van der Waals surface area contributed by atoms with Crippen molar-refractivity contribution in [1.29, 1.82) is 5.26 Å². The number of hydrogen-bond acceptors (Lipinski definition) is 6. The van der Waals surface area contributed by atoms with Crippen molar-refractivity contribution >= 4 is 38.3 Å². The molecule has 1 amide bonds. The standard InChI is InChI=1S/C23H20BrN3O3S/c24-18-9-7-16(8-10-18)20-15-31-23(26-20)27(13-19-5-3-11-29-19)22(28)14-30-21-6-2-1-4-17(21)12-25/h1-2,4,6-10,15,19H,3,5,11,13-14H2. The Morgan fingerprint density at radius 1 is 1.29 bits per heavy atom. The monoisotopic (exact) mass is 497 g/mol. The topological polar surface area (TPSA) is 75.5 Å². The van der Waals surface area contributed by atoms with Crippen molar-refractivity contribution in [3.8, 4) is 23.1 Å². The lowest BCUT2D eigenvalue weighted by Gasteiger charge is -2.23. The number of halogens is 1. The van der Waals surface area contributed by atoms with E-state index in [2.05, 4.69) is 22.0 Å². The van der Waals surface area contributed by atoms with Crippen LogP contribution in [0.3, 0.4) is 0 Å². The highest BCUT2D eigenvalue weighted by molar-refractivity contribution is 9.10. The fourth-order valence-corrected chi connectivity index (χ4v) is 4.45. The van der Waals surface area contributed by atoms with E-state index >= 15 is 0 Å². The smallest absolute Gasteiger partial charge is 0.266 e. The van der Waals surface area contributed by atoms with E-state index in [1.54, 1.807) is 29.2 Å². The Morgan fingerprint density at radius 2 is 2.10 bits per heavy atom. The average Bonchev–Trinajstić information content (AvgIpc) is 3.49. The van der Waals surface area contributed by atoms with Crippen molar-refractivity contribution < 1.29 is 14.3 Å². The summed E-state index contributed by atoms with van der Waals surface area (Å²) in [6.07, 6.45) is 1.88. The third-order valence-corrected chi connectivity index (χ3v) is 6.33. The Bertz CT molecular complexity index is 1090. The van der Waals surface area contributed by atoms with Crippen molar-refractivity contribution in [2.24, 2.45) is 0 Å². The van der Waals surface area contributed by atoms with Crippen molar-refractivity contribution in [3.05, 3.63) is 63.9 Å². The van der Waals surface area contributed by atoms with Gasteiger partial charge in [0.25, 0.3) is 5.91 Å². The minimum atomic E-state index is -0.222. The van der Waals surface area contributed by atoms with Crippen LogP contribution in [0.1, 0.15) is 18.4 Å². The zero-order chi connectivity index (χ0) is 21.6. The van der Waals surface area contributed by atoms with Gasteiger partial charge in [-0.1, -0.05) is 40.2 Å². The van der Waals surface area contributed by atoms with Gasteiger partial charge in [-0.2, -0.15) is 5.26 Å². The Labute approximate surface area is 193 Å². The molecular formula is C23H20BrN3O3S. The molecule has 1 aromatic heterocycles. The van der Waals surface area contributed by atoms with E-state index in [9.17, 15) is 10.1 Å². The predicted octanol–water partition coefficient (Wildman–Crippen LogP) is 5.04. The average molecular weight is 498 g/mol. The lowest BCUT2D eigenvalue weighted by Crippen LogP contribution is -2.40. The molecule has 0 saturated carbocycles. The fourth-order valence-electron chi connectivity index (χ4n) is 3.32. The number of para-hydroxylation sites is 1. The summed E-state index contributed by atoms with van der Waals surface area (Å²) < 4.78 is 12.4. The molecule has 31 heavy (non-hydrogen) atoms. The summed E-state index contributed by atoms with van der Waals surface area (Å²) in [5.74, 6) is 0.171. The molecule has 1 aliphatic rings. The first-order chi connectivity index (χ1) is 15.1. The summed E-state index contributed by atoms with van der Waals surface area (Å²) in [5, 5.41) is 11.8. The molecule has 1 saturated heterocycles. The highest BCUT2D eigenvalue weighted by atomic mass is 79.9. The number of ether oxygens (including phenoxy) is 2. The predicted molar refractivity (Wildman–Crippen MR) is 123 cm³/mol. The van der Waals surface area contributed by atoms with Crippen LogP contribution in [-0.2, 0) is 9.53 Å². The summed E-state index contributed by atoms with van der Waals surface area (Å²) in [5.41, 5.74) is 2.19. The summed E-state index contributed by atoms with van der Waals surface area (Å²) in [7, 11) is 0. The van der Waals surface area contributed by atoms with E-state index in [0.717, 1.165) is 28.6 Å². The van der Waals surface area contributed by atoms with Crippen molar-refractivity contribution in [3.63, 3.8) is 0 Å². The van der Waals surface area contributed by atoms with E-state index in [4.69, 9.17) is 14.5 Å². The van der Waals surface area contributed by atoms with Gasteiger partial charge in [0.15, 0.2) is 11.7 Å². The molecule has 0 N–H and O–H groups in total. The third kappa shape index (κ3) is 5.31. The normalized spacial score (nSPS) is 15.4. The third-order valence-electron chi connectivity index (χ3n) is 4.93. The quantitative estimate of drug-likeness (QED) is 0.457. The van der Waals surface area contributed by atoms with Crippen molar-refractivity contribution in [2.45, 2.75) is 18.9 Å². The first-order valence-corrected chi connectivity index (χ1v) is 11.6. The van der Waals surface area contributed by atoms with E-state index in [-0.39, 0.29) is 18.6 Å². The lowest BCUT2D eigenvalue weighted by atomic mass is 10.2. The Hall–Kier alpha value is -2.73. The van der Waals surface area contributed by atoms with Gasteiger partial charge in [0.05, 0.1) is 23.9 Å². The second kappa shape index (κ2) is 10.1. The van der Waals surface area contributed by atoms with Crippen LogP contribution < -0.4 is 9.64 Å². The molecule has 1 aliphatic heterocycles. The molecule has 0 bridgehead atoms. The maximum absolute atomic E-state index is 13.1. The number of rotatable bonds is 7. The van der Waals surface area contributed by atoms with Gasteiger partial charge in [-0.05, 0) is 37.1 Å². The highest BCUT2D eigenvalue weighted by Gasteiger charge is 2.26. The Kier molecular flexibility index (Phi) is 6.97. The molecule has 0 spiro atoms. The molecular weight excluding hydrogens is 478 g/mol. The molecule has 1 unspecified atom stereocenters. The number of nitrogens with zero attached hydrogens (tertiary/aromatic N) is 3. The van der Waals surface area contributed by atoms with Gasteiger partial charge in [-0.25, -0.2) is 4.98 Å². The van der Waals surface area contributed by atoms with Crippen molar-refractivity contribution in [1.82, 2.24) is 4.98 Å². The zero-order valence-electron chi connectivity index (χ0n) is 16.7. The molecule has 2 aromatic carbocycles. The summed E-state index contributed by atoms with van der Waals surface area (Å²) in [6.45, 7) is 0.953.